The molecule has 1 fully saturated rings. The van der Waals surface area contributed by atoms with Gasteiger partial charge in [0.15, 0.2) is 0 Å². The molecule has 0 spiro atoms. The molecule has 1 saturated heterocycles. The van der Waals surface area contributed by atoms with Crippen LogP contribution in [0.15, 0.2) is 16.9 Å². The van der Waals surface area contributed by atoms with Gasteiger partial charge in [0, 0.05) is 37.2 Å². The van der Waals surface area contributed by atoms with E-state index in [4.69, 9.17) is 4.74 Å². The number of fused-ring (bicyclic) bond motifs is 2. The van der Waals surface area contributed by atoms with E-state index >= 15 is 0 Å². The second-order valence-electron chi connectivity index (χ2n) is 8.96. The first kappa shape index (κ1) is 20.6. The normalized spacial score (nSPS) is 21.4. The molecule has 31 heavy (non-hydrogen) atoms. The van der Waals surface area contributed by atoms with E-state index in [9.17, 15) is 4.79 Å². The predicted molar refractivity (Wildman–Crippen MR) is 118 cm³/mol. The molecule has 0 saturated carbocycles. The average molecular weight is 425 g/mol. The van der Waals surface area contributed by atoms with Gasteiger partial charge in [-0.1, -0.05) is 6.42 Å². The second kappa shape index (κ2) is 9.44. The number of piperidine rings is 1. The van der Waals surface area contributed by atoms with Gasteiger partial charge in [-0.2, -0.15) is 10.2 Å². The largest absolute Gasteiger partial charge is 0.376 e. The summed E-state index contributed by atoms with van der Waals surface area (Å²) in [5.74, 6) is 0.822. The summed E-state index contributed by atoms with van der Waals surface area (Å²) in [6.45, 7) is 4.75. The number of anilines is 1. The maximum atomic E-state index is 12.5. The molecule has 0 amide bonds. The third-order valence-electron chi connectivity index (χ3n) is 6.84. The van der Waals surface area contributed by atoms with E-state index in [2.05, 4.69) is 31.6 Å². The van der Waals surface area contributed by atoms with Crippen LogP contribution in [0.4, 0.5) is 5.82 Å². The van der Waals surface area contributed by atoms with Crippen molar-refractivity contribution >= 4 is 5.82 Å². The number of nitrogens with zero attached hydrogens (tertiary/aromatic N) is 5. The summed E-state index contributed by atoms with van der Waals surface area (Å²) in [5.41, 5.74) is 4.52. The third-order valence-corrected chi connectivity index (χ3v) is 6.84. The van der Waals surface area contributed by atoms with Gasteiger partial charge in [-0.05, 0) is 56.7 Å². The van der Waals surface area contributed by atoms with Crippen molar-refractivity contribution in [2.24, 2.45) is 0 Å². The highest BCUT2D eigenvalue weighted by molar-refractivity contribution is 5.38. The van der Waals surface area contributed by atoms with E-state index in [1.54, 1.807) is 4.68 Å². The summed E-state index contributed by atoms with van der Waals surface area (Å²) >= 11 is 0. The standard InChI is InChI=1S/C23H32N6O2/c30-23-14-17-5-1-2-7-21(17)27-29(23)11-10-28-9-4-3-6-19(28)15-24-22-13-18-16-31-12-8-20(18)25-26-22/h13-14,19H,1-12,15-16H2,(H,24,26). The lowest BCUT2D eigenvalue weighted by Gasteiger charge is -2.36. The van der Waals surface area contributed by atoms with Gasteiger partial charge < -0.3 is 10.1 Å². The van der Waals surface area contributed by atoms with Crippen molar-refractivity contribution < 1.29 is 4.74 Å². The summed E-state index contributed by atoms with van der Waals surface area (Å²) in [4.78, 5) is 15.0. The van der Waals surface area contributed by atoms with E-state index < -0.39 is 0 Å². The van der Waals surface area contributed by atoms with Crippen molar-refractivity contribution in [3.8, 4) is 0 Å². The highest BCUT2D eigenvalue weighted by Gasteiger charge is 2.23. The van der Waals surface area contributed by atoms with Gasteiger partial charge >= 0.3 is 0 Å². The van der Waals surface area contributed by atoms with E-state index in [-0.39, 0.29) is 5.56 Å². The summed E-state index contributed by atoms with van der Waals surface area (Å²) in [5, 5.41) is 16.9. The van der Waals surface area contributed by atoms with Crippen LogP contribution in [0.2, 0.25) is 0 Å². The number of aromatic nitrogens is 4. The SMILES string of the molecule is O=c1cc2c(nn1CCN1CCCCC1CNc1cc3c(nn1)CCOC3)CCCC2. The average Bonchev–Trinajstić information content (AvgIpc) is 2.82. The van der Waals surface area contributed by atoms with Crippen molar-refractivity contribution in [1.82, 2.24) is 24.9 Å². The maximum Gasteiger partial charge on any atom is 0.267 e. The lowest BCUT2D eigenvalue weighted by atomic mass is 9.97. The summed E-state index contributed by atoms with van der Waals surface area (Å²) in [7, 11) is 0. The Hall–Kier alpha value is -2.32. The maximum absolute atomic E-state index is 12.5. The zero-order valence-electron chi connectivity index (χ0n) is 18.2. The van der Waals surface area contributed by atoms with E-state index in [0.717, 1.165) is 80.3 Å². The molecule has 2 aliphatic heterocycles. The molecule has 0 aromatic carbocycles. The third kappa shape index (κ3) is 4.80. The van der Waals surface area contributed by atoms with Crippen LogP contribution in [0.1, 0.15) is 54.6 Å². The number of aryl methyl sites for hydroxylation is 2. The first-order valence-corrected chi connectivity index (χ1v) is 11.8. The van der Waals surface area contributed by atoms with E-state index in [1.165, 1.54) is 25.7 Å². The Kier molecular flexibility index (Phi) is 6.27. The second-order valence-corrected chi connectivity index (χ2v) is 8.96. The Balaban J connectivity index is 1.20. The van der Waals surface area contributed by atoms with Crippen LogP contribution in [-0.2, 0) is 37.2 Å². The van der Waals surface area contributed by atoms with Gasteiger partial charge in [0.25, 0.3) is 5.56 Å². The number of hydrogen-bond donors (Lipinski definition) is 1. The first-order chi connectivity index (χ1) is 15.3. The summed E-state index contributed by atoms with van der Waals surface area (Å²) in [6, 6.07) is 4.32. The van der Waals surface area contributed by atoms with Gasteiger partial charge in [0.05, 0.1) is 31.1 Å². The number of rotatable bonds is 6. The van der Waals surface area contributed by atoms with E-state index in [1.807, 2.05) is 6.07 Å². The minimum Gasteiger partial charge on any atom is -0.376 e. The summed E-state index contributed by atoms with van der Waals surface area (Å²) in [6.07, 6.45) is 8.78. The molecule has 2 aromatic rings. The molecule has 0 bridgehead atoms. The highest BCUT2D eigenvalue weighted by atomic mass is 16.5. The van der Waals surface area contributed by atoms with Gasteiger partial charge in [-0.15, -0.1) is 5.10 Å². The van der Waals surface area contributed by atoms with Gasteiger partial charge in [-0.25, -0.2) is 4.68 Å². The molecule has 1 N–H and O–H groups in total. The zero-order valence-corrected chi connectivity index (χ0v) is 18.2. The van der Waals surface area contributed by atoms with Crippen LogP contribution in [0.3, 0.4) is 0 Å². The van der Waals surface area contributed by atoms with E-state index in [0.29, 0.717) is 19.2 Å². The molecule has 1 unspecified atom stereocenters. The molecular weight excluding hydrogens is 392 g/mol. The molecule has 1 aliphatic carbocycles. The Morgan fingerprint density at radius 1 is 1.00 bits per heavy atom. The molecule has 0 radical (unpaired) electrons. The lowest BCUT2D eigenvalue weighted by Crippen LogP contribution is -2.46. The fourth-order valence-corrected chi connectivity index (χ4v) is 5.02. The Morgan fingerprint density at radius 3 is 2.90 bits per heavy atom. The smallest absolute Gasteiger partial charge is 0.267 e. The molecular formula is C23H32N6O2. The molecule has 1 atom stereocenters. The van der Waals surface area contributed by atoms with Crippen LogP contribution in [0.5, 0.6) is 0 Å². The van der Waals surface area contributed by atoms with Crippen LogP contribution in [0.25, 0.3) is 0 Å². The molecule has 4 heterocycles. The monoisotopic (exact) mass is 424 g/mol. The highest BCUT2D eigenvalue weighted by Crippen LogP contribution is 2.20. The van der Waals surface area contributed by atoms with Crippen LogP contribution < -0.4 is 10.9 Å². The Bertz CT molecular complexity index is 975. The molecule has 8 nitrogen and oxygen atoms in total. The number of ether oxygens (including phenoxy) is 1. The van der Waals surface area contributed by atoms with Crippen LogP contribution in [-0.4, -0.2) is 57.2 Å². The molecule has 3 aliphatic rings. The number of hydrogen-bond acceptors (Lipinski definition) is 7. The fourth-order valence-electron chi connectivity index (χ4n) is 5.02. The quantitative estimate of drug-likeness (QED) is 0.759. The zero-order chi connectivity index (χ0) is 21.0. The van der Waals surface area contributed by atoms with Gasteiger partial charge in [0.2, 0.25) is 0 Å². The Labute approximate surface area is 183 Å². The van der Waals surface area contributed by atoms with Crippen molar-refractivity contribution in [2.75, 3.05) is 31.6 Å². The molecule has 5 rings (SSSR count). The Morgan fingerprint density at radius 2 is 1.94 bits per heavy atom. The first-order valence-electron chi connectivity index (χ1n) is 11.8. The minimum absolute atomic E-state index is 0.0406. The minimum atomic E-state index is 0.0406. The predicted octanol–water partition coefficient (Wildman–Crippen LogP) is 1.95. The lowest BCUT2D eigenvalue weighted by molar-refractivity contribution is 0.109. The molecule has 2 aromatic heterocycles. The van der Waals surface area contributed by atoms with Crippen molar-refractivity contribution in [3.63, 3.8) is 0 Å². The van der Waals surface area contributed by atoms with Crippen molar-refractivity contribution in [2.45, 2.75) is 70.6 Å². The van der Waals surface area contributed by atoms with Gasteiger partial charge in [0.1, 0.15) is 5.82 Å². The van der Waals surface area contributed by atoms with Crippen molar-refractivity contribution in [3.05, 3.63) is 45.0 Å². The molecule has 8 heteroatoms. The van der Waals surface area contributed by atoms with Crippen LogP contribution >= 0.6 is 0 Å². The van der Waals surface area contributed by atoms with Gasteiger partial charge in [-0.3, -0.25) is 9.69 Å². The number of likely N-dealkylation sites (tertiary alicyclic amines) is 1. The number of nitrogens with one attached hydrogen (secondary N) is 1. The molecule has 166 valence electrons. The topological polar surface area (TPSA) is 85.2 Å². The van der Waals surface area contributed by atoms with Crippen LogP contribution in [0, 0.1) is 0 Å². The fraction of sp³-hybridized carbons (Fsp3) is 0.652. The van der Waals surface area contributed by atoms with Crippen molar-refractivity contribution in [1.29, 1.82) is 0 Å². The summed E-state index contributed by atoms with van der Waals surface area (Å²) < 4.78 is 7.22.